The molecular weight excluding hydrogens is 278 g/mol. The molecule has 1 rings (SSSR count). The third-order valence-corrected chi connectivity index (χ3v) is 3.86. The third kappa shape index (κ3) is 5.90. The number of benzene rings is 1. The molecule has 5 nitrogen and oxygen atoms in total. The maximum absolute atomic E-state index is 11.3. The van der Waals surface area contributed by atoms with Crippen LogP contribution in [-0.4, -0.2) is 28.2 Å². The molecule has 114 valence electrons. The van der Waals surface area contributed by atoms with Gasteiger partial charge < -0.3 is 9.47 Å². The number of aryl methyl sites for hydroxylation is 1. The molecule has 0 aliphatic rings. The Balaban J connectivity index is 2.41. The van der Waals surface area contributed by atoms with E-state index in [0.29, 0.717) is 30.4 Å². The molecule has 0 unspecified atom stereocenters. The smallest absolute Gasteiger partial charge is 0.238 e. The first-order valence-corrected chi connectivity index (χ1v) is 8.19. The van der Waals surface area contributed by atoms with Crippen LogP contribution in [0.1, 0.15) is 25.8 Å². The van der Waals surface area contributed by atoms with Crippen molar-refractivity contribution in [3.8, 4) is 5.75 Å². The van der Waals surface area contributed by atoms with Crippen molar-refractivity contribution in [2.24, 2.45) is 11.1 Å². The molecule has 0 saturated heterocycles. The Hall–Kier alpha value is -1.11. The van der Waals surface area contributed by atoms with Gasteiger partial charge in [0.05, 0.1) is 11.5 Å². The highest BCUT2D eigenvalue weighted by molar-refractivity contribution is 7.89. The monoisotopic (exact) mass is 301 g/mol. The van der Waals surface area contributed by atoms with E-state index in [0.717, 1.165) is 13.0 Å². The van der Waals surface area contributed by atoms with Gasteiger partial charge in [0.15, 0.2) is 0 Å². The van der Waals surface area contributed by atoms with E-state index in [9.17, 15) is 8.42 Å². The third-order valence-electron chi connectivity index (χ3n) is 2.79. The molecule has 1 aromatic carbocycles. The zero-order chi connectivity index (χ0) is 15.2. The van der Waals surface area contributed by atoms with E-state index in [1.165, 1.54) is 6.07 Å². The van der Waals surface area contributed by atoms with Crippen LogP contribution in [0.15, 0.2) is 23.1 Å². The molecular formula is C14H23NO4S. The number of nitrogens with two attached hydrogens (primary N) is 1. The van der Waals surface area contributed by atoms with Gasteiger partial charge in [0.2, 0.25) is 10.0 Å². The van der Waals surface area contributed by atoms with E-state index in [4.69, 9.17) is 14.6 Å². The molecule has 0 aliphatic heterocycles. The van der Waals surface area contributed by atoms with Gasteiger partial charge in [-0.05, 0) is 43.0 Å². The Morgan fingerprint density at radius 1 is 1.20 bits per heavy atom. The summed E-state index contributed by atoms with van der Waals surface area (Å²) in [5.74, 6) is 1.24. The van der Waals surface area contributed by atoms with Crippen LogP contribution in [-0.2, 0) is 14.8 Å². The average Bonchev–Trinajstić information content (AvgIpc) is 2.31. The molecule has 0 atom stereocenters. The van der Waals surface area contributed by atoms with Crippen LogP contribution in [0.2, 0.25) is 0 Å². The molecule has 6 heteroatoms. The predicted molar refractivity (Wildman–Crippen MR) is 78.3 cm³/mol. The van der Waals surface area contributed by atoms with Crippen LogP contribution in [0.4, 0.5) is 0 Å². The molecule has 0 aromatic heterocycles. The Kier molecular flexibility index (Phi) is 6.45. The maximum Gasteiger partial charge on any atom is 0.238 e. The summed E-state index contributed by atoms with van der Waals surface area (Å²) < 4.78 is 33.5. The number of sulfonamides is 1. The van der Waals surface area contributed by atoms with E-state index in [-0.39, 0.29) is 4.90 Å². The highest BCUT2D eigenvalue weighted by Crippen LogP contribution is 2.20. The summed E-state index contributed by atoms with van der Waals surface area (Å²) in [5, 5.41) is 5.10. The van der Waals surface area contributed by atoms with Gasteiger partial charge in [0.25, 0.3) is 0 Å². The van der Waals surface area contributed by atoms with Gasteiger partial charge in [0.1, 0.15) is 12.4 Å². The Labute approximate surface area is 121 Å². The van der Waals surface area contributed by atoms with Crippen molar-refractivity contribution >= 4 is 10.0 Å². The first-order chi connectivity index (χ1) is 9.30. The summed E-state index contributed by atoms with van der Waals surface area (Å²) in [7, 11) is -3.67. The van der Waals surface area contributed by atoms with Crippen LogP contribution < -0.4 is 9.88 Å². The SMILES string of the molecule is Cc1cc(OCCOCCC(C)C)ccc1S(N)(=O)=O. The van der Waals surface area contributed by atoms with Crippen molar-refractivity contribution in [2.45, 2.75) is 32.1 Å². The standard InChI is InChI=1S/C14H23NO4S/c1-11(2)6-7-18-8-9-19-13-4-5-14(12(3)10-13)20(15,16)17/h4-5,10-11H,6-9H2,1-3H3,(H2,15,16,17). The molecule has 20 heavy (non-hydrogen) atoms. The second-order valence-corrected chi connectivity index (χ2v) is 6.65. The van der Waals surface area contributed by atoms with Crippen molar-refractivity contribution in [3.63, 3.8) is 0 Å². The summed E-state index contributed by atoms with van der Waals surface area (Å²) >= 11 is 0. The largest absolute Gasteiger partial charge is 0.491 e. The Bertz CT molecular complexity index is 526. The first kappa shape index (κ1) is 16.9. The van der Waals surface area contributed by atoms with Crippen LogP contribution >= 0.6 is 0 Å². The second kappa shape index (κ2) is 7.61. The summed E-state index contributed by atoms with van der Waals surface area (Å²) in [6.07, 6.45) is 1.03. The van der Waals surface area contributed by atoms with Crippen LogP contribution in [0, 0.1) is 12.8 Å². The van der Waals surface area contributed by atoms with Gasteiger partial charge in [0, 0.05) is 6.61 Å². The lowest BCUT2D eigenvalue weighted by molar-refractivity contribution is 0.0925. The molecule has 0 fully saturated rings. The van der Waals surface area contributed by atoms with E-state index in [1.54, 1.807) is 19.1 Å². The van der Waals surface area contributed by atoms with Gasteiger partial charge >= 0.3 is 0 Å². The molecule has 0 amide bonds. The Morgan fingerprint density at radius 3 is 2.45 bits per heavy atom. The molecule has 0 bridgehead atoms. The number of rotatable bonds is 8. The minimum atomic E-state index is -3.67. The predicted octanol–water partition coefficient (Wildman–Crippen LogP) is 2.08. The van der Waals surface area contributed by atoms with Crippen LogP contribution in [0.25, 0.3) is 0 Å². The minimum Gasteiger partial charge on any atom is -0.491 e. The number of hydrogen-bond acceptors (Lipinski definition) is 4. The lowest BCUT2D eigenvalue weighted by Crippen LogP contribution is -2.14. The van der Waals surface area contributed by atoms with Crippen molar-refractivity contribution < 1.29 is 17.9 Å². The summed E-state index contributed by atoms with van der Waals surface area (Å²) in [4.78, 5) is 0.123. The van der Waals surface area contributed by atoms with Gasteiger partial charge in [-0.2, -0.15) is 0 Å². The molecule has 1 aromatic rings. The molecule has 0 heterocycles. The lowest BCUT2D eigenvalue weighted by Gasteiger charge is -2.10. The van der Waals surface area contributed by atoms with Crippen molar-refractivity contribution in [1.82, 2.24) is 0 Å². The lowest BCUT2D eigenvalue weighted by atomic mass is 10.1. The van der Waals surface area contributed by atoms with E-state index in [2.05, 4.69) is 13.8 Å². The van der Waals surface area contributed by atoms with Gasteiger partial charge in [-0.1, -0.05) is 13.8 Å². The van der Waals surface area contributed by atoms with Crippen LogP contribution in [0.5, 0.6) is 5.75 Å². The number of hydrogen-bond donors (Lipinski definition) is 1. The Morgan fingerprint density at radius 2 is 1.90 bits per heavy atom. The van der Waals surface area contributed by atoms with Gasteiger partial charge in [-0.25, -0.2) is 13.6 Å². The average molecular weight is 301 g/mol. The van der Waals surface area contributed by atoms with Crippen molar-refractivity contribution in [1.29, 1.82) is 0 Å². The molecule has 2 N–H and O–H groups in total. The molecule has 0 aliphatic carbocycles. The summed E-state index contributed by atoms with van der Waals surface area (Å²) in [6, 6.07) is 4.72. The zero-order valence-corrected chi connectivity index (χ0v) is 13.1. The maximum atomic E-state index is 11.3. The van der Waals surface area contributed by atoms with Crippen molar-refractivity contribution in [3.05, 3.63) is 23.8 Å². The highest BCUT2D eigenvalue weighted by Gasteiger charge is 2.11. The van der Waals surface area contributed by atoms with Gasteiger partial charge in [-0.3, -0.25) is 0 Å². The fraction of sp³-hybridized carbons (Fsp3) is 0.571. The second-order valence-electron chi connectivity index (χ2n) is 5.12. The topological polar surface area (TPSA) is 78.6 Å². The van der Waals surface area contributed by atoms with Gasteiger partial charge in [-0.15, -0.1) is 0 Å². The fourth-order valence-corrected chi connectivity index (χ4v) is 2.44. The first-order valence-electron chi connectivity index (χ1n) is 6.64. The number of ether oxygens (including phenoxy) is 2. The van der Waals surface area contributed by atoms with Crippen LogP contribution in [0.3, 0.4) is 0 Å². The molecule has 0 radical (unpaired) electrons. The highest BCUT2D eigenvalue weighted by atomic mass is 32.2. The quantitative estimate of drug-likeness (QED) is 0.746. The fourth-order valence-electron chi connectivity index (χ4n) is 1.67. The van der Waals surface area contributed by atoms with E-state index >= 15 is 0 Å². The minimum absolute atomic E-state index is 0.123. The molecule has 0 saturated carbocycles. The molecule has 0 spiro atoms. The summed E-state index contributed by atoms with van der Waals surface area (Å²) in [5.41, 5.74) is 0.575. The summed E-state index contributed by atoms with van der Waals surface area (Å²) in [6.45, 7) is 7.66. The van der Waals surface area contributed by atoms with E-state index < -0.39 is 10.0 Å². The zero-order valence-electron chi connectivity index (χ0n) is 12.3. The van der Waals surface area contributed by atoms with E-state index in [1.807, 2.05) is 0 Å². The normalized spacial score (nSPS) is 11.8. The number of primary sulfonamides is 1. The van der Waals surface area contributed by atoms with Crippen molar-refractivity contribution in [2.75, 3.05) is 19.8 Å².